The van der Waals surface area contributed by atoms with Crippen molar-refractivity contribution in [3.63, 3.8) is 0 Å². The number of rotatable bonds is 3. The predicted molar refractivity (Wildman–Crippen MR) is 95.3 cm³/mol. The molecule has 5 heterocycles. The van der Waals surface area contributed by atoms with Gasteiger partial charge in [-0.25, -0.2) is 19.5 Å². The minimum atomic E-state index is -0.156. The van der Waals surface area contributed by atoms with E-state index in [2.05, 4.69) is 24.8 Å². The summed E-state index contributed by atoms with van der Waals surface area (Å²) in [5, 5.41) is 4.78. The number of nitrogens with zero attached hydrogens (tertiary/aromatic N) is 6. The number of imidazole rings is 1. The van der Waals surface area contributed by atoms with Gasteiger partial charge in [-0.15, -0.1) is 0 Å². The van der Waals surface area contributed by atoms with Crippen LogP contribution < -0.4 is 9.64 Å². The van der Waals surface area contributed by atoms with Crippen LogP contribution in [0.3, 0.4) is 0 Å². The molecule has 1 aliphatic rings. The SMILES string of the molecule is COc1cccn2nc([C@H]3c4nc[nH]c4CCN3c3ncccn3)cc12. The maximum Gasteiger partial charge on any atom is 0.226 e. The van der Waals surface area contributed by atoms with Gasteiger partial charge >= 0.3 is 0 Å². The molecule has 0 unspecified atom stereocenters. The van der Waals surface area contributed by atoms with E-state index in [-0.39, 0.29) is 6.04 Å². The first-order valence-electron chi connectivity index (χ1n) is 8.43. The number of anilines is 1. The van der Waals surface area contributed by atoms with Crippen molar-refractivity contribution in [3.05, 3.63) is 66.3 Å². The number of methoxy groups -OCH3 is 1. The summed E-state index contributed by atoms with van der Waals surface area (Å²) in [4.78, 5) is 18.8. The molecule has 5 rings (SSSR count). The average molecular weight is 347 g/mol. The van der Waals surface area contributed by atoms with Gasteiger partial charge in [0.25, 0.3) is 0 Å². The molecule has 0 saturated heterocycles. The van der Waals surface area contributed by atoms with Gasteiger partial charge in [0.15, 0.2) is 0 Å². The molecule has 0 aliphatic carbocycles. The van der Waals surface area contributed by atoms with Crippen molar-refractivity contribution in [2.75, 3.05) is 18.6 Å². The van der Waals surface area contributed by atoms with E-state index in [0.29, 0.717) is 5.95 Å². The lowest BCUT2D eigenvalue weighted by Crippen LogP contribution is -2.37. The van der Waals surface area contributed by atoms with E-state index in [1.54, 1.807) is 25.8 Å². The van der Waals surface area contributed by atoms with Gasteiger partial charge in [-0.1, -0.05) is 0 Å². The molecule has 0 spiro atoms. The van der Waals surface area contributed by atoms with Gasteiger partial charge in [0, 0.05) is 37.3 Å². The molecule has 0 aromatic carbocycles. The Morgan fingerprint density at radius 2 is 2.08 bits per heavy atom. The van der Waals surface area contributed by atoms with Crippen molar-refractivity contribution in [2.24, 2.45) is 0 Å². The number of hydrogen-bond donors (Lipinski definition) is 1. The summed E-state index contributed by atoms with van der Waals surface area (Å²) in [6, 6.07) is 7.56. The fourth-order valence-corrected chi connectivity index (χ4v) is 3.55. The zero-order chi connectivity index (χ0) is 17.5. The van der Waals surface area contributed by atoms with Crippen molar-refractivity contribution < 1.29 is 4.74 Å². The fraction of sp³-hybridized carbons (Fsp3) is 0.222. The minimum absolute atomic E-state index is 0.156. The molecule has 1 atom stereocenters. The van der Waals surface area contributed by atoms with E-state index in [0.717, 1.165) is 41.3 Å². The van der Waals surface area contributed by atoms with E-state index >= 15 is 0 Å². The topological polar surface area (TPSA) is 84.2 Å². The van der Waals surface area contributed by atoms with E-state index in [1.807, 2.05) is 35.0 Å². The van der Waals surface area contributed by atoms with Gasteiger partial charge < -0.3 is 14.6 Å². The molecule has 4 aromatic heterocycles. The first-order valence-corrected chi connectivity index (χ1v) is 8.43. The molecule has 0 bridgehead atoms. The van der Waals surface area contributed by atoms with Gasteiger partial charge in [0.2, 0.25) is 5.95 Å². The fourth-order valence-electron chi connectivity index (χ4n) is 3.55. The van der Waals surface area contributed by atoms with E-state index in [4.69, 9.17) is 9.84 Å². The number of ether oxygens (including phenoxy) is 1. The van der Waals surface area contributed by atoms with E-state index in [1.165, 1.54) is 0 Å². The van der Waals surface area contributed by atoms with Crippen LogP contribution in [0, 0.1) is 0 Å². The van der Waals surface area contributed by atoms with Crippen LogP contribution >= 0.6 is 0 Å². The Balaban J connectivity index is 1.69. The van der Waals surface area contributed by atoms with Crippen LogP contribution in [0.4, 0.5) is 5.95 Å². The minimum Gasteiger partial charge on any atom is -0.494 e. The van der Waals surface area contributed by atoms with Gasteiger partial charge in [-0.2, -0.15) is 5.10 Å². The third-order valence-corrected chi connectivity index (χ3v) is 4.72. The molecule has 130 valence electrons. The van der Waals surface area contributed by atoms with E-state index < -0.39 is 0 Å². The van der Waals surface area contributed by atoms with Crippen molar-refractivity contribution in [3.8, 4) is 5.75 Å². The second kappa shape index (κ2) is 5.83. The van der Waals surface area contributed by atoms with Crippen molar-refractivity contribution >= 4 is 11.5 Å². The number of aromatic amines is 1. The summed E-state index contributed by atoms with van der Waals surface area (Å²) < 4.78 is 7.31. The van der Waals surface area contributed by atoms with Crippen LogP contribution in [0.15, 0.2) is 49.2 Å². The molecule has 0 amide bonds. The highest BCUT2D eigenvalue weighted by Crippen LogP contribution is 2.35. The smallest absolute Gasteiger partial charge is 0.226 e. The number of aromatic nitrogens is 6. The first-order chi connectivity index (χ1) is 12.8. The molecule has 0 radical (unpaired) electrons. The van der Waals surface area contributed by atoms with Gasteiger partial charge in [-0.05, 0) is 24.3 Å². The highest BCUT2D eigenvalue weighted by molar-refractivity contribution is 5.61. The quantitative estimate of drug-likeness (QED) is 0.610. The molecular formula is C18H17N7O. The number of nitrogens with one attached hydrogen (secondary N) is 1. The summed E-state index contributed by atoms with van der Waals surface area (Å²) in [6.45, 7) is 0.787. The van der Waals surface area contributed by atoms with Gasteiger partial charge in [0.1, 0.15) is 17.3 Å². The third kappa shape index (κ3) is 2.22. The Morgan fingerprint density at radius 1 is 1.19 bits per heavy atom. The maximum atomic E-state index is 5.47. The van der Waals surface area contributed by atoms with Crippen LogP contribution in [0.5, 0.6) is 5.75 Å². The Hall–Kier alpha value is -3.42. The lowest BCUT2D eigenvalue weighted by molar-refractivity contribution is 0.417. The summed E-state index contributed by atoms with van der Waals surface area (Å²) in [5.74, 6) is 1.46. The normalized spacial score (nSPS) is 16.7. The van der Waals surface area contributed by atoms with Crippen LogP contribution in [-0.4, -0.2) is 43.2 Å². The Labute approximate surface area is 149 Å². The molecule has 0 fully saturated rings. The number of H-pyrrole nitrogens is 1. The lowest BCUT2D eigenvalue weighted by Gasteiger charge is -2.33. The predicted octanol–water partition coefficient (Wildman–Crippen LogP) is 2.01. The largest absolute Gasteiger partial charge is 0.494 e. The molecule has 8 nitrogen and oxygen atoms in total. The zero-order valence-corrected chi connectivity index (χ0v) is 14.2. The number of fused-ring (bicyclic) bond motifs is 2. The lowest BCUT2D eigenvalue weighted by atomic mass is 10.00. The van der Waals surface area contributed by atoms with Crippen LogP contribution in [0.1, 0.15) is 23.1 Å². The summed E-state index contributed by atoms with van der Waals surface area (Å²) in [7, 11) is 1.67. The Kier molecular flexibility index (Phi) is 3.34. The van der Waals surface area contributed by atoms with Gasteiger partial charge in [-0.3, -0.25) is 0 Å². The van der Waals surface area contributed by atoms with Crippen LogP contribution in [-0.2, 0) is 6.42 Å². The number of hydrogen-bond acceptors (Lipinski definition) is 6. The molecule has 4 aromatic rings. The molecule has 26 heavy (non-hydrogen) atoms. The van der Waals surface area contributed by atoms with Crippen molar-refractivity contribution in [2.45, 2.75) is 12.5 Å². The summed E-state index contributed by atoms with van der Waals surface area (Å²) in [5.41, 5.74) is 3.90. The second-order valence-electron chi connectivity index (χ2n) is 6.14. The number of pyridine rings is 1. The summed E-state index contributed by atoms with van der Waals surface area (Å²) >= 11 is 0. The monoisotopic (exact) mass is 347 g/mol. The van der Waals surface area contributed by atoms with Crippen LogP contribution in [0.2, 0.25) is 0 Å². The molecule has 1 aliphatic heterocycles. The maximum absolute atomic E-state index is 5.47. The molecular weight excluding hydrogens is 330 g/mol. The Morgan fingerprint density at radius 3 is 2.92 bits per heavy atom. The van der Waals surface area contributed by atoms with E-state index in [9.17, 15) is 0 Å². The van der Waals surface area contributed by atoms with Crippen LogP contribution in [0.25, 0.3) is 5.52 Å². The Bertz CT molecular complexity index is 1060. The van der Waals surface area contributed by atoms with Crippen molar-refractivity contribution in [1.82, 2.24) is 29.5 Å². The summed E-state index contributed by atoms with van der Waals surface area (Å²) in [6.07, 6.45) is 8.03. The average Bonchev–Trinajstić information content (AvgIpc) is 3.34. The van der Waals surface area contributed by atoms with Crippen molar-refractivity contribution in [1.29, 1.82) is 0 Å². The molecule has 1 N–H and O–H groups in total. The molecule has 0 saturated carbocycles. The zero-order valence-electron chi connectivity index (χ0n) is 14.2. The van der Waals surface area contributed by atoms with Gasteiger partial charge in [0.05, 0.1) is 24.8 Å². The highest BCUT2D eigenvalue weighted by atomic mass is 16.5. The highest BCUT2D eigenvalue weighted by Gasteiger charge is 2.34. The molecule has 8 heteroatoms. The second-order valence-corrected chi connectivity index (χ2v) is 6.14. The third-order valence-electron chi connectivity index (χ3n) is 4.72. The first kappa shape index (κ1) is 14.9. The standard InChI is InChI=1S/C18H17N7O/c1-26-15-4-2-8-25-14(15)10-13(23-25)17-16-12(21-11-22-16)5-9-24(17)18-19-6-3-7-20-18/h2-4,6-8,10-11,17H,5,9H2,1H3,(H,21,22)/t17-/m0/s1.